The number of piperazine rings is 1. The van der Waals surface area contributed by atoms with Crippen LogP contribution in [-0.2, 0) is 21.4 Å². The molecular weight excluding hydrogens is 362 g/mol. The molecule has 1 fully saturated rings. The minimum Gasteiger partial charge on any atom is -0.340 e. The van der Waals surface area contributed by atoms with Crippen molar-refractivity contribution >= 4 is 27.7 Å². The fourth-order valence-corrected chi connectivity index (χ4v) is 4.80. The van der Waals surface area contributed by atoms with Crippen molar-refractivity contribution in [2.24, 2.45) is 0 Å². The Morgan fingerprint density at radius 1 is 1.16 bits per heavy atom. The van der Waals surface area contributed by atoms with Gasteiger partial charge in [0.1, 0.15) is 0 Å². The van der Waals surface area contributed by atoms with Gasteiger partial charge in [-0.25, -0.2) is 0 Å². The van der Waals surface area contributed by atoms with E-state index in [1.807, 2.05) is 38.1 Å². The third kappa shape index (κ3) is 5.17. The molecule has 0 atom stereocenters. The molecule has 1 heterocycles. The van der Waals surface area contributed by atoms with Crippen LogP contribution in [0.25, 0.3) is 0 Å². The molecule has 6 nitrogen and oxygen atoms in total. The van der Waals surface area contributed by atoms with Gasteiger partial charge in [-0.1, -0.05) is 37.6 Å². The summed E-state index contributed by atoms with van der Waals surface area (Å²) in [5.41, 5.74) is 1.03. The van der Waals surface area contributed by atoms with Gasteiger partial charge in [0.2, 0.25) is 5.91 Å². The lowest BCUT2D eigenvalue weighted by atomic mass is 10.1. The lowest BCUT2D eigenvalue weighted by Gasteiger charge is -2.36. The Labute approximate surface area is 155 Å². The highest BCUT2D eigenvalue weighted by Gasteiger charge is 2.31. The van der Waals surface area contributed by atoms with Crippen molar-refractivity contribution in [3.8, 4) is 0 Å². The molecule has 0 radical (unpaired) electrons. The number of benzene rings is 1. The maximum Gasteiger partial charge on any atom is 0.282 e. The molecule has 0 aliphatic carbocycles. The number of hydrogen-bond acceptors (Lipinski definition) is 3. The van der Waals surface area contributed by atoms with Gasteiger partial charge in [0.05, 0.1) is 0 Å². The second kappa shape index (κ2) is 8.98. The van der Waals surface area contributed by atoms with Crippen LogP contribution in [0.2, 0.25) is 5.02 Å². The largest absolute Gasteiger partial charge is 0.340 e. The maximum atomic E-state index is 12.5. The van der Waals surface area contributed by atoms with Gasteiger partial charge in [-0.05, 0) is 24.1 Å². The summed E-state index contributed by atoms with van der Waals surface area (Å²) in [5.74, 6) is 0.0554. The first kappa shape index (κ1) is 20.2. The highest BCUT2D eigenvalue weighted by molar-refractivity contribution is 7.86. The molecule has 140 valence electrons. The van der Waals surface area contributed by atoms with E-state index >= 15 is 0 Å². The Hall–Kier alpha value is -1.15. The van der Waals surface area contributed by atoms with Crippen LogP contribution in [0.15, 0.2) is 24.3 Å². The molecule has 1 saturated heterocycles. The molecule has 1 aromatic carbocycles. The zero-order valence-electron chi connectivity index (χ0n) is 14.8. The Balaban J connectivity index is 1.86. The predicted octanol–water partition coefficient (Wildman–Crippen LogP) is 2.00. The molecule has 0 bridgehead atoms. The molecule has 1 aromatic rings. The number of carbonyl (C=O) groups excluding carboxylic acids is 1. The van der Waals surface area contributed by atoms with E-state index in [4.69, 9.17) is 11.6 Å². The number of amides is 1. The predicted molar refractivity (Wildman–Crippen MR) is 99.8 cm³/mol. The van der Waals surface area contributed by atoms with Gasteiger partial charge < -0.3 is 4.90 Å². The molecule has 0 saturated carbocycles. The molecule has 0 unspecified atom stereocenters. The summed E-state index contributed by atoms with van der Waals surface area (Å²) < 4.78 is 27.9. The lowest BCUT2D eigenvalue weighted by Crippen LogP contribution is -2.54. The van der Waals surface area contributed by atoms with Crippen LogP contribution in [0.4, 0.5) is 0 Å². The molecule has 0 N–H and O–H groups in total. The molecule has 0 spiro atoms. The van der Waals surface area contributed by atoms with Crippen LogP contribution < -0.4 is 0 Å². The first-order chi connectivity index (χ1) is 11.9. The van der Waals surface area contributed by atoms with Gasteiger partial charge in [-0.15, -0.1) is 0 Å². The van der Waals surface area contributed by atoms with Gasteiger partial charge in [0.15, 0.2) is 0 Å². The van der Waals surface area contributed by atoms with E-state index in [2.05, 4.69) is 0 Å². The molecule has 1 amide bonds. The number of carbonyl (C=O) groups is 1. The van der Waals surface area contributed by atoms with Crippen molar-refractivity contribution in [2.75, 3.05) is 39.3 Å². The lowest BCUT2D eigenvalue weighted by molar-refractivity contribution is -0.132. The van der Waals surface area contributed by atoms with Gasteiger partial charge in [-0.2, -0.15) is 17.0 Å². The van der Waals surface area contributed by atoms with E-state index in [0.29, 0.717) is 57.1 Å². The van der Waals surface area contributed by atoms with Crippen LogP contribution in [0.3, 0.4) is 0 Å². The van der Waals surface area contributed by atoms with Gasteiger partial charge in [0, 0.05) is 50.7 Å². The summed E-state index contributed by atoms with van der Waals surface area (Å²) in [4.78, 5) is 14.1. The quantitative estimate of drug-likeness (QED) is 0.719. The second-order valence-corrected chi connectivity index (χ2v) is 8.37. The van der Waals surface area contributed by atoms with Gasteiger partial charge in [-0.3, -0.25) is 4.79 Å². The van der Waals surface area contributed by atoms with Crippen molar-refractivity contribution in [1.82, 2.24) is 13.5 Å². The third-order valence-electron chi connectivity index (χ3n) is 4.47. The first-order valence-corrected chi connectivity index (χ1v) is 10.4. The van der Waals surface area contributed by atoms with Gasteiger partial charge >= 0.3 is 0 Å². The normalized spacial score (nSPS) is 16.4. The Bertz CT molecular complexity index is 684. The summed E-state index contributed by atoms with van der Waals surface area (Å²) >= 11 is 5.96. The van der Waals surface area contributed by atoms with Crippen LogP contribution in [0, 0.1) is 0 Å². The minimum atomic E-state index is -3.42. The average molecular weight is 388 g/mol. The van der Waals surface area contributed by atoms with Gasteiger partial charge in [0.25, 0.3) is 10.2 Å². The van der Waals surface area contributed by atoms with Crippen molar-refractivity contribution in [3.05, 3.63) is 34.9 Å². The molecule has 2 rings (SSSR count). The van der Waals surface area contributed by atoms with Crippen molar-refractivity contribution in [3.63, 3.8) is 0 Å². The Morgan fingerprint density at radius 2 is 1.80 bits per heavy atom. The summed E-state index contributed by atoms with van der Waals surface area (Å²) in [6.45, 7) is 6.15. The monoisotopic (exact) mass is 387 g/mol. The molecular formula is C17H26ClN3O3S. The summed E-state index contributed by atoms with van der Waals surface area (Å²) in [5, 5.41) is 0.667. The van der Waals surface area contributed by atoms with E-state index in [0.717, 1.165) is 5.56 Å². The smallest absolute Gasteiger partial charge is 0.282 e. The molecule has 1 aliphatic heterocycles. The van der Waals surface area contributed by atoms with Crippen LogP contribution in [0.5, 0.6) is 0 Å². The minimum absolute atomic E-state index is 0.0554. The zero-order chi connectivity index (χ0) is 18.4. The third-order valence-corrected chi connectivity index (χ3v) is 6.89. The Morgan fingerprint density at radius 3 is 2.36 bits per heavy atom. The number of aryl methyl sites for hydroxylation is 1. The standard InChI is InChI=1S/C17H26ClN3O3S/c1-3-20(4-2)25(23,24)21-12-10-19(11-13-21)17(22)9-8-15-6-5-7-16(18)14-15/h5-7,14H,3-4,8-13H2,1-2H3. The average Bonchev–Trinajstić information content (AvgIpc) is 2.60. The van der Waals surface area contributed by atoms with E-state index in [-0.39, 0.29) is 5.91 Å². The summed E-state index contributed by atoms with van der Waals surface area (Å²) in [7, 11) is -3.42. The summed E-state index contributed by atoms with van der Waals surface area (Å²) in [6.07, 6.45) is 1.04. The first-order valence-electron chi connectivity index (χ1n) is 8.66. The number of nitrogens with zero attached hydrogens (tertiary/aromatic N) is 3. The number of hydrogen-bond donors (Lipinski definition) is 0. The van der Waals surface area contributed by atoms with E-state index in [9.17, 15) is 13.2 Å². The molecule has 1 aliphatic rings. The fraction of sp³-hybridized carbons (Fsp3) is 0.588. The highest BCUT2D eigenvalue weighted by Crippen LogP contribution is 2.15. The van der Waals surface area contributed by atoms with E-state index in [1.165, 1.54) is 8.61 Å². The van der Waals surface area contributed by atoms with Crippen molar-refractivity contribution in [2.45, 2.75) is 26.7 Å². The number of halogens is 1. The van der Waals surface area contributed by atoms with Crippen molar-refractivity contribution in [1.29, 1.82) is 0 Å². The van der Waals surface area contributed by atoms with Crippen LogP contribution in [-0.4, -0.2) is 67.1 Å². The van der Waals surface area contributed by atoms with Crippen molar-refractivity contribution < 1.29 is 13.2 Å². The highest BCUT2D eigenvalue weighted by atomic mass is 35.5. The SMILES string of the molecule is CCN(CC)S(=O)(=O)N1CCN(C(=O)CCc2cccc(Cl)c2)CC1. The second-order valence-electron chi connectivity index (χ2n) is 6.00. The summed E-state index contributed by atoms with van der Waals surface area (Å²) in [6, 6.07) is 7.50. The van der Waals surface area contributed by atoms with E-state index < -0.39 is 10.2 Å². The van der Waals surface area contributed by atoms with E-state index in [1.54, 1.807) is 4.90 Å². The van der Waals surface area contributed by atoms with Crippen LogP contribution in [0.1, 0.15) is 25.8 Å². The van der Waals surface area contributed by atoms with Crippen LogP contribution >= 0.6 is 11.6 Å². The number of rotatable bonds is 7. The fourth-order valence-electron chi connectivity index (χ4n) is 2.98. The molecule has 8 heteroatoms. The topological polar surface area (TPSA) is 60.9 Å². The molecule has 25 heavy (non-hydrogen) atoms. The Kier molecular flexibility index (Phi) is 7.25. The molecule has 0 aromatic heterocycles. The zero-order valence-corrected chi connectivity index (χ0v) is 16.4. The maximum absolute atomic E-state index is 12.5.